The fourth-order valence-electron chi connectivity index (χ4n) is 1.59. The summed E-state index contributed by atoms with van der Waals surface area (Å²) in [5.74, 6) is 0.421. The normalized spacial score (nSPS) is 10.2. The first-order valence-corrected chi connectivity index (χ1v) is 6.37. The molecule has 92 valence electrons. The van der Waals surface area contributed by atoms with E-state index in [4.69, 9.17) is 0 Å². The minimum atomic E-state index is -0.149. The van der Waals surface area contributed by atoms with Crippen LogP contribution in [0.25, 0.3) is 0 Å². The van der Waals surface area contributed by atoms with Gasteiger partial charge in [-0.1, -0.05) is 22.0 Å². The zero-order chi connectivity index (χ0) is 13.1. The van der Waals surface area contributed by atoms with E-state index in [9.17, 15) is 4.79 Å². The van der Waals surface area contributed by atoms with E-state index < -0.39 is 0 Å². The van der Waals surface area contributed by atoms with Gasteiger partial charge in [-0.2, -0.15) is 0 Å². The summed E-state index contributed by atoms with van der Waals surface area (Å²) >= 11 is 3.41. The Labute approximate surface area is 114 Å². The minimum absolute atomic E-state index is 0.149. The van der Waals surface area contributed by atoms with Crippen LogP contribution in [0.4, 0.5) is 5.82 Å². The molecule has 0 aliphatic rings. The molecule has 0 spiro atoms. The number of aryl methyl sites for hydroxylation is 2. The molecule has 0 saturated heterocycles. The van der Waals surface area contributed by atoms with E-state index >= 15 is 0 Å². The largest absolute Gasteiger partial charge is 0.307 e. The van der Waals surface area contributed by atoms with Crippen LogP contribution in [-0.2, 0) is 0 Å². The number of aromatic nitrogens is 1. The summed E-state index contributed by atoms with van der Waals surface area (Å²) in [4.78, 5) is 16.3. The minimum Gasteiger partial charge on any atom is -0.307 e. The molecule has 0 aliphatic carbocycles. The van der Waals surface area contributed by atoms with Crippen LogP contribution in [0.2, 0.25) is 0 Å². The van der Waals surface area contributed by atoms with Crippen LogP contribution in [0.15, 0.2) is 40.9 Å². The average Bonchev–Trinajstić information content (AvgIpc) is 2.32. The molecular weight excluding hydrogens is 292 g/mol. The first-order chi connectivity index (χ1) is 8.56. The monoisotopic (exact) mass is 304 g/mol. The number of pyridine rings is 1. The molecule has 0 aliphatic heterocycles. The number of rotatable bonds is 2. The van der Waals surface area contributed by atoms with E-state index in [1.54, 1.807) is 12.1 Å². The number of nitrogens with zero attached hydrogens (tertiary/aromatic N) is 1. The smallest absolute Gasteiger partial charge is 0.256 e. The van der Waals surface area contributed by atoms with Gasteiger partial charge in [0.1, 0.15) is 5.82 Å². The molecule has 0 bridgehead atoms. The van der Waals surface area contributed by atoms with Gasteiger partial charge < -0.3 is 5.32 Å². The highest BCUT2D eigenvalue weighted by atomic mass is 79.9. The summed E-state index contributed by atoms with van der Waals surface area (Å²) in [5, 5.41) is 2.78. The maximum absolute atomic E-state index is 12.0. The molecule has 2 rings (SSSR count). The fraction of sp³-hybridized carbons (Fsp3) is 0.143. The second-order valence-electron chi connectivity index (χ2n) is 4.08. The van der Waals surface area contributed by atoms with Crippen LogP contribution < -0.4 is 5.32 Å². The number of anilines is 1. The Hall–Kier alpha value is -1.68. The van der Waals surface area contributed by atoms with Crippen molar-refractivity contribution in [2.75, 3.05) is 5.32 Å². The van der Waals surface area contributed by atoms with Crippen molar-refractivity contribution in [3.05, 3.63) is 57.7 Å². The molecule has 0 fully saturated rings. The number of carbonyl (C=O) groups excluding carboxylic acids is 1. The van der Waals surface area contributed by atoms with Crippen LogP contribution in [0.3, 0.4) is 0 Å². The predicted octanol–water partition coefficient (Wildman–Crippen LogP) is 3.71. The quantitative estimate of drug-likeness (QED) is 0.919. The molecule has 0 unspecified atom stereocenters. The van der Waals surface area contributed by atoms with Gasteiger partial charge in [-0.25, -0.2) is 4.98 Å². The molecule has 1 aromatic carbocycles. The zero-order valence-electron chi connectivity index (χ0n) is 10.2. The van der Waals surface area contributed by atoms with Crippen molar-refractivity contribution in [2.24, 2.45) is 0 Å². The van der Waals surface area contributed by atoms with Crippen molar-refractivity contribution >= 4 is 27.7 Å². The van der Waals surface area contributed by atoms with Crippen LogP contribution in [-0.4, -0.2) is 10.9 Å². The van der Waals surface area contributed by atoms with E-state index in [-0.39, 0.29) is 5.91 Å². The molecule has 3 nitrogen and oxygen atoms in total. The first kappa shape index (κ1) is 12.8. The van der Waals surface area contributed by atoms with E-state index in [2.05, 4.69) is 26.2 Å². The predicted molar refractivity (Wildman–Crippen MR) is 75.8 cm³/mol. The molecule has 1 N–H and O–H groups in total. The molecule has 1 heterocycles. The molecule has 2 aromatic rings. The van der Waals surface area contributed by atoms with Gasteiger partial charge in [0.2, 0.25) is 0 Å². The Morgan fingerprint density at radius 1 is 1.22 bits per heavy atom. The lowest BCUT2D eigenvalue weighted by Gasteiger charge is -2.06. The van der Waals surface area contributed by atoms with Gasteiger partial charge in [0.25, 0.3) is 5.91 Å². The van der Waals surface area contributed by atoms with Crippen LogP contribution >= 0.6 is 15.9 Å². The highest BCUT2D eigenvalue weighted by molar-refractivity contribution is 9.10. The Kier molecular flexibility index (Phi) is 3.77. The summed E-state index contributed by atoms with van der Waals surface area (Å²) in [6, 6.07) is 11.0. The van der Waals surface area contributed by atoms with Gasteiger partial charge in [-0.15, -0.1) is 0 Å². The number of amides is 1. The van der Waals surface area contributed by atoms with Gasteiger partial charge in [0.15, 0.2) is 0 Å². The second-order valence-corrected chi connectivity index (χ2v) is 4.94. The third kappa shape index (κ3) is 2.96. The first-order valence-electron chi connectivity index (χ1n) is 5.57. The van der Waals surface area contributed by atoms with E-state index in [0.717, 1.165) is 15.7 Å². The third-order valence-electron chi connectivity index (χ3n) is 2.55. The average molecular weight is 305 g/mol. The molecular formula is C14H13BrN2O. The van der Waals surface area contributed by atoms with Crippen LogP contribution in [0.1, 0.15) is 21.6 Å². The Balaban J connectivity index is 2.19. The lowest BCUT2D eigenvalue weighted by molar-refractivity contribution is 0.102. The molecule has 1 aromatic heterocycles. The van der Waals surface area contributed by atoms with Crippen molar-refractivity contribution in [1.29, 1.82) is 0 Å². The van der Waals surface area contributed by atoms with Crippen LogP contribution in [0.5, 0.6) is 0 Å². The summed E-state index contributed by atoms with van der Waals surface area (Å²) in [5.41, 5.74) is 2.53. The summed E-state index contributed by atoms with van der Waals surface area (Å²) in [7, 11) is 0. The van der Waals surface area contributed by atoms with E-state index in [0.29, 0.717) is 11.4 Å². The highest BCUT2D eigenvalue weighted by Crippen LogP contribution is 2.17. The summed E-state index contributed by atoms with van der Waals surface area (Å²) in [6.45, 7) is 3.84. The lowest BCUT2D eigenvalue weighted by atomic mass is 10.1. The Morgan fingerprint density at radius 3 is 2.67 bits per heavy atom. The maximum Gasteiger partial charge on any atom is 0.256 e. The summed E-state index contributed by atoms with van der Waals surface area (Å²) in [6.07, 6.45) is 0. The van der Waals surface area contributed by atoms with E-state index in [1.165, 1.54) is 0 Å². The fourth-order valence-corrected chi connectivity index (χ4v) is 1.83. The zero-order valence-corrected chi connectivity index (χ0v) is 11.8. The van der Waals surface area contributed by atoms with Crippen molar-refractivity contribution < 1.29 is 4.79 Å². The van der Waals surface area contributed by atoms with Crippen LogP contribution in [0, 0.1) is 13.8 Å². The number of halogens is 1. The number of hydrogen-bond donors (Lipinski definition) is 1. The van der Waals surface area contributed by atoms with Gasteiger partial charge in [-0.05, 0) is 49.7 Å². The van der Waals surface area contributed by atoms with Crippen molar-refractivity contribution in [3.8, 4) is 0 Å². The van der Waals surface area contributed by atoms with Crippen molar-refractivity contribution in [2.45, 2.75) is 13.8 Å². The molecule has 18 heavy (non-hydrogen) atoms. The van der Waals surface area contributed by atoms with Gasteiger partial charge >= 0.3 is 0 Å². The topological polar surface area (TPSA) is 42.0 Å². The Morgan fingerprint density at radius 2 is 2.00 bits per heavy atom. The van der Waals surface area contributed by atoms with Crippen molar-refractivity contribution in [3.63, 3.8) is 0 Å². The molecule has 0 atom stereocenters. The van der Waals surface area contributed by atoms with E-state index in [1.807, 2.05) is 38.1 Å². The van der Waals surface area contributed by atoms with Gasteiger partial charge in [0.05, 0.1) is 0 Å². The SMILES string of the molecule is Cc1cccc(NC(=O)c2ccc(Br)c(C)c2)n1. The van der Waals surface area contributed by atoms with Crippen molar-refractivity contribution in [1.82, 2.24) is 4.98 Å². The number of carbonyl (C=O) groups is 1. The molecule has 0 saturated carbocycles. The molecule has 4 heteroatoms. The molecule has 0 radical (unpaired) electrons. The number of hydrogen-bond acceptors (Lipinski definition) is 2. The van der Waals surface area contributed by atoms with Gasteiger partial charge in [0, 0.05) is 15.7 Å². The number of benzene rings is 1. The lowest BCUT2D eigenvalue weighted by Crippen LogP contribution is -2.13. The van der Waals surface area contributed by atoms with Gasteiger partial charge in [-0.3, -0.25) is 4.79 Å². The second kappa shape index (κ2) is 5.31. The standard InChI is InChI=1S/C14H13BrN2O/c1-9-8-11(6-7-12(9)15)14(18)17-13-5-3-4-10(2)16-13/h3-8H,1-2H3,(H,16,17,18). The summed E-state index contributed by atoms with van der Waals surface area (Å²) < 4.78 is 0.993. The highest BCUT2D eigenvalue weighted by Gasteiger charge is 2.08. The Bertz CT molecular complexity index is 596. The third-order valence-corrected chi connectivity index (χ3v) is 3.44. The number of nitrogens with one attached hydrogen (secondary N) is 1. The molecule has 1 amide bonds. The maximum atomic E-state index is 12.0.